The third kappa shape index (κ3) is 2.67. The second-order valence-electron chi connectivity index (χ2n) is 5.81. The molecule has 3 heterocycles. The largest absolute Gasteiger partial charge is 0.454 e. The molecular weight excluding hydrogens is 372 g/mol. The molecule has 0 aliphatic carbocycles. The van der Waals surface area contributed by atoms with Crippen LogP contribution in [0.5, 0.6) is 11.5 Å². The molecule has 0 saturated heterocycles. The van der Waals surface area contributed by atoms with Gasteiger partial charge in [-0.3, -0.25) is 0 Å². The number of ether oxygens (including phenoxy) is 2. The van der Waals surface area contributed by atoms with E-state index in [1.807, 2.05) is 18.2 Å². The van der Waals surface area contributed by atoms with Crippen molar-refractivity contribution in [2.24, 2.45) is 0 Å². The lowest BCUT2D eigenvalue weighted by molar-refractivity contribution is 0.173. The minimum absolute atomic E-state index is 0.212. The number of allylic oxidation sites excluding steroid dienone is 1. The lowest BCUT2D eigenvalue weighted by atomic mass is 10.1. The molecule has 122 valence electrons. The van der Waals surface area contributed by atoms with Gasteiger partial charge in [0.05, 0.1) is 10.0 Å². The summed E-state index contributed by atoms with van der Waals surface area (Å²) < 4.78 is 13.7. The van der Waals surface area contributed by atoms with Gasteiger partial charge in [0.15, 0.2) is 17.3 Å². The summed E-state index contributed by atoms with van der Waals surface area (Å²) in [5, 5.41) is 18.2. The Morgan fingerprint density at radius 3 is 3.04 bits per heavy atom. The zero-order valence-corrected chi connectivity index (χ0v) is 14.5. The number of hydrogen-bond donors (Lipinski definition) is 0. The summed E-state index contributed by atoms with van der Waals surface area (Å²) in [6.45, 7) is 1.07. The number of hydrogen-bond acceptors (Lipinski definition) is 5. The smallest absolute Gasteiger partial charge is 0.231 e. The first-order valence-corrected chi connectivity index (χ1v) is 8.69. The van der Waals surface area contributed by atoms with Gasteiger partial charge in [0.25, 0.3) is 0 Å². The fraction of sp³-hybridized carbons (Fsp3) is 0.353. The van der Waals surface area contributed by atoms with Gasteiger partial charge in [0.1, 0.15) is 11.9 Å². The van der Waals surface area contributed by atoms with E-state index in [4.69, 9.17) is 9.47 Å². The molecule has 2 aliphatic heterocycles. The number of aromatic nitrogens is 3. The number of aryl methyl sites for hydroxylation is 1. The SMILES string of the molecule is N#C/C(=C\c1cc(Br)c2c(c1)OCO2)c1nnc2n1CCCCC2. The fourth-order valence-corrected chi connectivity index (χ4v) is 3.64. The molecule has 4 rings (SSSR count). The van der Waals surface area contributed by atoms with Crippen LogP contribution in [0.2, 0.25) is 0 Å². The van der Waals surface area contributed by atoms with Crippen molar-refractivity contribution in [3.05, 3.63) is 33.8 Å². The van der Waals surface area contributed by atoms with Crippen molar-refractivity contribution in [1.29, 1.82) is 5.26 Å². The van der Waals surface area contributed by atoms with E-state index in [9.17, 15) is 5.26 Å². The molecule has 24 heavy (non-hydrogen) atoms. The number of halogens is 1. The average Bonchev–Trinajstić information content (AvgIpc) is 3.14. The van der Waals surface area contributed by atoms with E-state index in [2.05, 4.69) is 36.8 Å². The highest BCUT2D eigenvalue weighted by atomic mass is 79.9. The first-order chi connectivity index (χ1) is 11.8. The maximum atomic E-state index is 9.63. The van der Waals surface area contributed by atoms with E-state index in [0.29, 0.717) is 22.9 Å². The van der Waals surface area contributed by atoms with Crippen molar-refractivity contribution in [3.8, 4) is 17.6 Å². The third-order valence-electron chi connectivity index (χ3n) is 4.23. The minimum Gasteiger partial charge on any atom is -0.454 e. The Hall–Kier alpha value is -2.33. The molecule has 1 aromatic heterocycles. The molecule has 0 bridgehead atoms. The van der Waals surface area contributed by atoms with Gasteiger partial charge in [-0.1, -0.05) is 6.42 Å². The van der Waals surface area contributed by atoms with Crippen molar-refractivity contribution < 1.29 is 9.47 Å². The minimum atomic E-state index is 0.212. The Labute approximate surface area is 147 Å². The Morgan fingerprint density at radius 2 is 2.17 bits per heavy atom. The molecule has 0 atom stereocenters. The average molecular weight is 387 g/mol. The van der Waals surface area contributed by atoms with E-state index in [-0.39, 0.29) is 6.79 Å². The van der Waals surface area contributed by atoms with Gasteiger partial charge in [-0.25, -0.2) is 0 Å². The summed E-state index contributed by atoms with van der Waals surface area (Å²) in [4.78, 5) is 0. The summed E-state index contributed by atoms with van der Waals surface area (Å²) in [7, 11) is 0. The second kappa shape index (κ2) is 6.29. The van der Waals surface area contributed by atoms with E-state index in [0.717, 1.165) is 41.7 Å². The summed E-state index contributed by atoms with van der Waals surface area (Å²) in [6, 6.07) is 6.03. The van der Waals surface area contributed by atoms with Gasteiger partial charge in [0, 0.05) is 13.0 Å². The third-order valence-corrected chi connectivity index (χ3v) is 4.82. The molecule has 0 radical (unpaired) electrons. The zero-order chi connectivity index (χ0) is 16.5. The number of rotatable bonds is 2. The standard InChI is InChI=1S/C17H15BrN4O2/c18-13-7-11(8-14-16(13)24-10-23-14)6-12(9-19)17-21-20-15-4-2-1-3-5-22(15)17/h6-8H,1-5,10H2/b12-6+. The van der Waals surface area contributed by atoms with Crippen LogP contribution in [-0.2, 0) is 13.0 Å². The molecule has 0 spiro atoms. The van der Waals surface area contributed by atoms with Gasteiger partial charge in [-0.2, -0.15) is 5.26 Å². The molecule has 0 fully saturated rings. The van der Waals surface area contributed by atoms with Crippen LogP contribution in [0.25, 0.3) is 11.6 Å². The van der Waals surface area contributed by atoms with E-state index < -0.39 is 0 Å². The van der Waals surface area contributed by atoms with Crippen LogP contribution >= 0.6 is 15.9 Å². The summed E-state index contributed by atoms with van der Waals surface area (Å²) in [5.41, 5.74) is 1.36. The number of nitriles is 1. The van der Waals surface area contributed by atoms with E-state index >= 15 is 0 Å². The normalized spacial score (nSPS) is 16.4. The van der Waals surface area contributed by atoms with Crippen LogP contribution in [0.3, 0.4) is 0 Å². The molecule has 2 aromatic rings. The lowest BCUT2D eigenvalue weighted by Crippen LogP contribution is -2.05. The molecule has 1 aromatic carbocycles. The monoisotopic (exact) mass is 386 g/mol. The molecule has 7 heteroatoms. The first-order valence-electron chi connectivity index (χ1n) is 7.89. The highest BCUT2D eigenvalue weighted by Gasteiger charge is 2.20. The molecule has 6 nitrogen and oxygen atoms in total. The Kier molecular flexibility index (Phi) is 3.98. The van der Waals surface area contributed by atoms with E-state index in [1.54, 1.807) is 0 Å². The zero-order valence-electron chi connectivity index (χ0n) is 13.0. The van der Waals surface area contributed by atoms with Gasteiger partial charge >= 0.3 is 0 Å². The summed E-state index contributed by atoms with van der Waals surface area (Å²) in [5.74, 6) is 2.98. The maximum Gasteiger partial charge on any atom is 0.231 e. The van der Waals surface area contributed by atoms with Gasteiger partial charge < -0.3 is 14.0 Å². The molecule has 0 saturated carbocycles. The Balaban J connectivity index is 1.75. The Bertz CT molecular complexity index is 866. The highest BCUT2D eigenvalue weighted by Crippen LogP contribution is 2.40. The Morgan fingerprint density at radius 1 is 1.25 bits per heavy atom. The molecule has 0 amide bonds. The van der Waals surface area contributed by atoms with Crippen molar-refractivity contribution in [2.75, 3.05) is 6.79 Å². The van der Waals surface area contributed by atoms with Crippen LogP contribution in [0.1, 0.15) is 36.5 Å². The van der Waals surface area contributed by atoms with Crippen LogP contribution in [0, 0.1) is 11.3 Å². The topological polar surface area (TPSA) is 73.0 Å². The predicted octanol–water partition coefficient (Wildman–Crippen LogP) is 3.56. The molecule has 0 unspecified atom stereocenters. The quantitative estimate of drug-likeness (QED) is 0.737. The van der Waals surface area contributed by atoms with Gasteiger partial charge in [-0.05, 0) is 52.5 Å². The second-order valence-corrected chi connectivity index (χ2v) is 6.66. The summed E-state index contributed by atoms with van der Waals surface area (Å²) in [6.07, 6.45) is 6.13. The van der Waals surface area contributed by atoms with Gasteiger partial charge in [-0.15, -0.1) is 10.2 Å². The van der Waals surface area contributed by atoms with Crippen molar-refractivity contribution in [3.63, 3.8) is 0 Å². The van der Waals surface area contributed by atoms with Crippen LogP contribution < -0.4 is 9.47 Å². The molecule has 2 aliphatic rings. The van der Waals surface area contributed by atoms with Crippen LogP contribution in [-0.4, -0.2) is 21.6 Å². The molecule has 0 N–H and O–H groups in total. The fourth-order valence-electron chi connectivity index (χ4n) is 3.07. The van der Waals surface area contributed by atoms with Crippen molar-refractivity contribution in [1.82, 2.24) is 14.8 Å². The molecular formula is C17H15BrN4O2. The number of fused-ring (bicyclic) bond motifs is 2. The van der Waals surface area contributed by atoms with Crippen LogP contribution in [0.4, 0.5) is 0 Å². The predicted molar refractivity (Wildman–Crippen MR) is 91.3 cm³/mol. The highest BCUT2D eigenvalue weighted by molar-refractivity contribution is 9.10. The number of benzene rings is 1. The maximum absolute atomic E-state index is 9.63. The lowest BCUT2D eigenvalue weighted by Gasteiger charge is -2.06. The number of nitrogens with zero attached hydrogens (tertiary/aromatic N) is 4. The van der Waals surface area contributed by atoms with Gasteiger partial charge in [0.2, 0.25) is 6.79 Å². The van der Waals surface area contributed by atoms with Crippen molar-refractivity contribution >= 4 is 27.6 Å². The first kappa shape index (κ1) is 15.2. The van der Waals surface area contributed by atoms with Crippen LogP contribution in [0.15, 0.2) is 16.6 Å². The van der Waals surface area contributed by atoms with E-state index in [1.165, 1.54) is 6.42 Å². The van der Waals surface area contributed by atoms with Crippen molar-refractivity contribution in [2.45, 2.75) is 32.2 Å². The summed E-state index contributed by atoms with van der Waals surface area (Å²) >= 11 is 3.48.